The van der Waals surface area contributed by atoms with E-state index in [9.17, 15) is 9.18 Å². The van der Waals surface area contributed by atoms with Gasteiger partial charge in [-0.25, -0.2) is 9.18 Å². The molecule has 2 rings (SSSR count). The van der Waals surface area contributed by atoms with Crippen molar-refractivity contribution in [1.82, 2.24) is 10.6 Å². The summed E-state index contributed by atoms with van der Waals surface area (Å²) in [4.78, 5) is 11.7. The van der Waals surface area contributed by atoms with Crippen LogP contribution in [-0.4, -0.2) is 24.2 Å². The first kappa shape index (κ1) is 17.9. The first-order valence-corrected chi connectivity index (χ1v) is 8.04. The number of carbonyl (C=O) groups excluding carboxylic acids is 1. The van der Waals surface area contributed by atoms with Gasteiger partial charge >= 0.3 is 6.03 Å². The summed E-state index contributed by atoms with van der Waals surface area (Å²) >= 11 is 0. The van der Waals surface area contributed by atoms with Gasteiger partial charge in [-0.05, 0) is 54.2 Å². The van der Waals surface area contributed by atoms with Gasteiger partial charge in [-0.2, -0.15) is 0 Å². The van der Waals surface area contributed by atoms with Crippen LogP contribution in [0.4, 0.5) is 9.18 Å². The summed E-state index contributed by atoms with van der Waals surface area (Å²) in [5.41, 5.74) is 3.90. The van der Waals surface area contributed by atoms with Crippen molar-refractivity contribution >= 4 is 6.03 Å². The Morgan fingerprint density at radius 3 is 2.25 bits per heavy atom. The molecule has 4 nitrogen and oxygen atoms in total. The third-order valence-corrected chi connectivity index (χ3v) is 3.89. The quantitative estimate of drug-likeness (QED) is 0.731. The number of aliphatic hydroxyl groups excluding tert-OH is 1. The van der Waals surface area contributed by atoms with Crippen molar-refractivity contribution in [3.8, 4) is 0 Å². The number of aliphatic hydroxyl groups is 1. The molecule has 0 spiro atoms. The van der Waals surface area contributed by atoms with Gasteiger partial charge in [-0.3, -0.25) is 0 Å². The zero-order valence-corrected chi connectivity index (χ0v) is 13.8. The summed E-state index contributed by atoms with van der Waals surface area (Å²) in [6, 6.07) is 12.1. The van der Waals surface area contributed by atoms with Crippen LogP contribution in [0.15, 0.2) is 42.5 Å². The smallest absolute Gasteiger partial charge is 0.314 e. The average Bonchev–Trinajstić information content (AvgIpc) is 2.57. The van der Waals surface area contributed by atoms with Gasteiger partial charge < -0.3 is 15.7 Å². The van der Waals surface area contributed by atoms with Gasteiger partial charge in [0.2, 0.25) is 0 Å². The fourth-order valence-electron chi connectivity index (χ4n) is 2.44. The second-order valence-corrected chi connectivity index (χ2v) is 5.73. The van der Waals surface area contributed by atoms with Gasteiger partial charge in [0.1, 0.15) is 5.82 Å². The standard InChI is InChI=1S/C19H23FN2O2/c1-14-12-18(20)7-6-17(14)9-11-22-19(24)21-10-8-15-2-4-16(13-23)5-3-15/h2-7,12,23H,8-11,13H2,1H3,(H2,21,22,24). The van der Waals surface area contributed by atoms with E-state index in [2.05, 4.69) is 10.6 Å². The Kier molecular flexibility index (Phi) is 6.75. The molecule has 2 aromatic rings. The van der Waals surface area contributed by atoms with Crippen LogP contribution in [0, 0.1) is 12.7 Å². The maximum Gasteiger partial charge on any atom is 0.314 e. The third-order valence-electron chi connectivity index (χ3n) is 3.89. The first-order chi connectivity index (χ1) is 11.6. The first-order valence-electron chi connectivity index (χ1n) is 8.04. The summed E-state index contributed by atoms with van der Waals surface area (Å²) in [5.74, 6) is -0.242. The Labute approximate surface area is 141 Å². The highest BCUT2D eigenvalue weighted by Gasteiger charge is 2.03. The third kappa shape index (κ3) is 5.66. The Balaban J connectivity index is 1.66. The Morgan fingerprint density at radius 2 is 1.62 bits per heavy atom. The average molecular weight is 330 g/mol. The number of halogens is 1. The van der Waals surface area contributed by atoms with Gasteiger partial charge in [0.05, 0.1) is 6.61 Å². The Hall–Kier alpha value is -2.40. The van der Waals surface area contributed by atoms with Crippen molar-refractivity contribution in [1.29, 1.82) is 0 Å². The lowest BCUT2D eigenvalue weighted by Gasteiger charge is -2.09. The fraction of sp³-hybridized carbons (Fsp3) is 0.316. The lowest BCUT2D eigenvalue weighted by Crippen LogP contribution is -2.37. The molecule has 2 aromatic carbocycles. The van der Waals surface area contributed by atoms with Crippen LogP contribution in [-0.2, 0) is 19.4 Å². The monoisotopic (exact) mass is 330 g/mol. The van der Waals surface area contributed by atoms with Gasteiger partial charge in [-0.1, -0.05) is 30.3 Å². The van der Waals surface area contributed by atoms with Crippen LogP contribution in [0.25, 0.3) is 0 Å². The molecule has 0 aliphatic rings. The van der Waals surface area contributed by atoms with E-state index in [1.54, 1.807) is 6.07 Å². The summed E-state index contributed by atoms with van der Waals surface area (Å²) in [5, 5.41) is 14.6. The highest BCUT2D eigenvalue weighted by Crippen LogP contribution is 2.10. The molecule has 0 heterocycles. The number of carbonyl (C=O) groups is 1. The molecule has 0 aliphatic heterocycles. The van der Waals surface area contributed by atoms with Crippen LogP contribution in [0.3, 0.4) is 0 Å². The minimum absolute atomic E-state index is 0.0362. The maximum atomic E-state index is 13.0. The van der Waals surface area contributed by atoms with Gasteiger partial charge in [0, 0.05) is 13.1 Å². The van der Waals surface area contributed by atoms with Crippen molar-refractivity contribution in [3.05, 3.63) is 70.5 Å². The molecule has 0 saturated heterocycles. The molecule has 0 bridgehead atoms. The van der Waals surface area contributed by atoms with E-state index in [4.69, 9.17) is 5.11 Å². The van der Waals surface area contributed by atoms with Crippen LogP contribution in [0.5, 0.6) is 0 Å². The molecule has 0 saturated carbocycles. The van der Waals surface area contributed by atoms with E-state index in [1.807, 2.05) is 31.2 Å². The van der Waals surface area contributed by atoms with Crippen LogP contribution >= 0.6 is 0 Å². The molecule has 128 valence electrons. The Morgan fingerprint density at radius 1 is 1.00 bits per heavy atom. The van der Waals surface area contributed by atoms with Gasteiger partial charge in [0.15, 0.2) is 0 Å². The van der Waals surface area contributed by atoms with E-state index < -0.39 is 0 Å². The van der Waals surface area contributed by atoms with Gasteiger partial charge in [0.25, 0.3) is 0 Å². The predicted octanol–water partition coefficient (Wildman–Crippen LogP) is 2.71. The summed E-state index contributed by atoms with van der Waals surface area (Å²) in [6.07, 6.45) is 1.40. The maximum absolute atomic E-state index is 13.0. The minimum atomic E-state index is -0.242. The molecule has 0 aliphatic carbocycles. The summed E-state index contributed by atoms with van der Waals surface area (Å²) in [6.45, 7) is 2.94. The molecule has 24 heavy (non-hydrogen) atoms. The molecule has 0 fully saturated rings. The number of urea groups is 1. The van der Waals surface area contributed by atoms with Crippen molar-refractivity contribution in [2.45, 2.75) is 26.4 Å². The molecule has 0 atom stereocenters. The lowest BCUT2D eigenvalue weighted by atomic mass is 10.1. The fourth-order valence-corrected chi connectivity index (χ4v) is 2.44. The lowest BCUT2D eigenvalue weighted by molar-refractivity contribution is 0.241. The van der Waals surface area contributed by atoms with Crippen LogP contribution in [0.2, 0.25) is 0 Å². The molecule has 3 N–H and O–H groups in total. The number of nitrogens with one attached hydrogen (secondary N) is 2. The highest BCUT2D eigenvalue weighted by molar-refractivity contribution is 5.73. The molecular weight excluding hydrogens is 307 g/mol. The SMILES string of the molecule is Cc1cc(F)ccc1CCNC(=O)NCCc1ccc(CO)cc1. The van der Waals surface area contributed by atoms with E-state index in [-0.39, 0.29) is 18.5 Å². The molecule has 0 radical (unpaired) electrons. The topological polar surface area (TPSA) is 61.4 Å². The van der Waals surface area contributed by atoms with Crippen LogP contribution in [0.1, 0.15) is 22.3 Å². The zero-order chi connectivity index (χ0) is 17.4. The number of rotatable bonds is 7. The van der Waals surface area contributed by atoms with E-state index >= 15 is 0 Å². The van der Waals surface area contributed by atoms with Crippen molar-refractivity contribution in [2.24, 2.45) is 0 Å². The van der Waals surface area contributed by atoms with Crippen molar-refractivity contribution < 1.29 is 14.3 Å². The Bertz CT molecular complexity index is 672. The number of hydrogen-bond acceptors (Lipinski definition) is 2. The summed E-state index contributed by atoms with van der Waals surface area (Å²) < 4.78 is 13.0. The molecule has 2 amide bonds. The van der Waals surface area contributed by atoms with Crippen molar-refractivity contribution in [2.75, 3.05) is 13.1 Å². The van der Waals surface area contributed by atoms with E-state index in [1.165, 1.54) is 12.1 Å². The van der Waals surface area contributed by atoms with Crippen LogP contribution < -0.4 is 10.6 Å². The summed E-state index contributed by atoms with van der Waals surface area (Å²) in [7, 11) is 0. The normalized spacial score (nSPS) is 10.5. The number of benzene rings is 2. The second-order valence-electron chi connectivity index (χ2n) is 5.73. The van der Waals surface area contributed by atoms with E-state index in [0.29, 0.717) is 19.5 Å². The number of hydrogen-bond donors (Lipinski definition) is 3. The number of aryl methyl sites for hydroxylation is 1. The van der Waals surface area contributed by atoms with E-state index in [0.717, 1.165) is 28.7 Å². The molecule has 5 heteroatoms. The van der Waals surface area contributed by atoms with Crippen molar-refractivity contribution in [3.63, 3.8) is 0 Å². The molecule has 0 aromatic heterocycles. The molecular formula is C19H23FN2O2. The predicted molar refractivity (Wildman–Crippen MR) is 92.3 cm³/mol. The second kappa shape index (κ2) is 9.03. The largest absolute Gasteiger partial charge is 0.392 e. The minimum Gasteiger partial charge on any atom is -0.392 e. The number of amides is 2. The van der Waals surface area contributed by atoms with Gasteiger partial charge in [-0.15, -0.1) is 0 Å². The molecule has 0 unspecified atom stereocenters. The highest BCUT2D eigenvalue weighted by atomic mass is 19.1. The zero-order valence-electron chi connectivity index (χ0n) is 13.8.